The van der Waals surface area contributed by atoms with Crippen molar-refractivity contribution in [3.63, 3.8) is 0 Å². The highest BCUT2D eigenvalue weighted by molar-refractivity contribution is 6.03. The maximum atomic E-state index is 11.7. The highest BCUT2D eigenvalue weighted by Crippen LogP contribution is 2.22. The van der Waals surface area contributed by atoms with Gasteiger partial charge in [0.1, 0.15) is 0 Å². The second-order valence-electron chi connectivity index (χ2n) is 4.34. The lowest BCUT2D eigenvalue weighted by Crippen LogP contribution is -2.36. The van der Waals surface area contributed by atoms with Crippen molar-refractivity contribution in [2.75, 3.05) is 6.61 Å². The average Bonchev–Trinajstić information content (AvgIpc) is 2.42. The number of nitrogens with one attached hydrogen (secondary N) is 1. The third-order valence-corrected chi connectivity index (χ3v) is 2.71. The maximum absolute atomic E-state index is 11.7. The topological polar surface area (TPSA) is 91.5 Å². The van der Waals surface area contributed by atoms with Crippen LogP contribution < -0.4 is 5.32 Å². The largest absolute Gasteiger partial charge is 0.450 e. The first-order valence-corrected chi connectivity index (χ1v) is 6.47. The number of carbonyl (C=O) groups excluding carboxylic acids is 2. The average molecular weight is 287 g/mol. The number of hydrogen-bond donors (Lipinski definition) is 1. The van der Waals surface area contributed by atoms with E-state index in [1.54, 1.807) is 13.0 Å². The molecule has 0 aliphatic carbocycles. The third kappa shape index (κ3) is 4.73. The van der Waals surface area contributed by atoms with Gasteiger partial charge >= 0.3 is 6.09 Å². The van der Waals surface area contributed by atoms with Gasteiger partial charge in [0, 0.05) is 6.21 Å². The van der Waals surface area contributed by atoms with E-state index in [1.807, 2.05) is 37.4 Å². The molecule has 6 nitrogen and oxygen atoms in total. The van der Waals surface area contributed by atoms with Crippen molar-refractivity contribution < 1.29 is 14.3 Å². The molecule has 2 amide bonds. The molecule has 0 spiro atoms. The van der Waals surface area contributed by atoms with Gasteiger partial charge in [0.05, 0.1) is 18.4 Å². The number of carbonyl (C=O) groups is 2. The van der Waals surface area contributed by atoms with Gasteiger partial charge in [-0.15, -0.1) is 0 Å². The minimum atomic E-state index is -1.16. The Bertz CT molecular complexity index is 582. The zero-order valence-electron chi connectivity index (χ0n) is 12.2. The number of aryl methyl sites for hydroxylation is 2. The van der Waals surface area contributed by atoms with E-state index in [4.69, 9.17) is 5.26 Å². The number of aliphatic imine (C=N–C) groups is 1. The number of ether oxygens (including phenoxy) is 1. The van der Waals surface area contributed by atoms with E-state index in [-0.39, 0.29) is 6.61 Å². The fourth-order valence-corrected chi connectivity index (χ4v) is 1.66. The highest BCUT2D eigenvalue weighted by atomic mass is 16.5. The van der Waals surface area contributed by atoms with Crippen LogP contribution in [0.2, 0.25) is 0 Å². The molecule has 0 aliphatic rings. The SMILES string of the molecule is CCOC(=O)NC(=O)C(C#N)C=Nc1c(C)cccc1C. The Morgan fingerprint density at radius 2 is 2.05 bits per heavy atom. The Kier molecular flexibility index (Phi) is 6.08. The molecular weight excluding hydrogens is 270 g/mol. The van der Waals surface area contributed by atoms with Gasteiger partial charge in [0.25, 0.3) is 5.91 Å². The summed E-state index contributed by atoms with van der Waals surface area (Å²) in [5.41, 5.74) is 2.59. The predicted molar refractivity (Wildman–Crippen MR) is 78.3 cm³/mol. The van der Waals surface area contributed by atoms with Gasteiger partial charge < -0.3 is 4.74 Å². The molecule has 0 aromatic heterocycles. The molecular formula is C15H17N3O3. The highest BCUT2D eigenvalue weighted by Gasteiger charge is 2.18. The standard InChI is InChI=1S/C15H17N3O3/c1-4-21-15(20)18-14(19)12(8-16)9-17-13-10(2)6-5-7-11(13)3/h5-7,9,12H,4H2,1-3H3,(H,18,19,20). The van der Waals surface area contributed by atoms with E-state index in [2.05, 4.69) is 9.73 Å². The number of amides is 2. The number of nitrogens with zero attached hydrogens (tertiary/aromatic N) is 2. The summed E-state index contributed by atoms with van der Waals surface area (Å²) in [6.07, 6.45) is 0.354. The fourth-order valence-electron chi connectivity index (χ4n) is 1.66. The summed E-state index contributed by atoms with van der Waals surface area (Å²) >= 11 is 0. The van der Waals surface area contributed by atoms with Crippen molar-refractivity contribution in [1.82, 2.24) is 5.32 Å². The summed E-state index contributed by atoms with van der Waals surface area (Å²) in [7, 11) is 0. The molecule has 0 heterocycles. The van der Waals surface area contributed by atoms with Crippen LogP contribution in [0.1, 0.15) is 18.1 Å². The zero-order valence-corrected chi connectivity index (χ0v) is 12.2. The third-order valence-electron chi connectivity index (χ3n) is 2.71. The number of imide groups is 1. The van der Waals surface area contributed by atoms with Crippen molar-refractivity contribution in [2.45, 2.75) is 20.8 Å². The van der Waals surface area contributed by atoms with Gasteiger partial charge in [-0.25, -0.2) is 4.79 Å². The lowest BCUT2D eigenvalue weighted by molar-refractivity contribution is -0.121. The first-order valence-electron chi connectivity index (χ1n) is 6.47. The molecule has 1 N–H and O–H groups in total. The molecule has 0 aliphatic heterocycles. The van der Waals surface area contributed by atoms with Crippen LogP contribution in [0.4, 0.5) is 10.5 Å². The number of nitriles is 1. The summed E-state index contributed by atoms with van der Waals surface area (Å²) < 4.78 is 4.58. The summed E-state index contributed by atoms with van der Waals surface area (Å²) in [6, 6.07) is 7.47. The van der Waals surface area contributed by atoms with E-state index in [1.165, 1.54) is 6.21 Å². The fraction of sp³-hybridized carbons (Fsp3) is 0.333. The van der Waals surface area contributed by atoms with Gasteiger partial charge in [0.15, 0.2) is 5.92 Å². The molecule has 1 aromatic carbocycles. The summed E-state index contributed by atoms with van der Waals surface area (Å²) in [6.45, 7) is 5.54. The van der Waals surface area contributed by atoms with Gasteiger partial charge in [0.2, 0.25) is 0 Å². The Morgan fingerprint density at radius 1 is 1.43 bits per heavy atom. The van der Waals surface area contributed by atoms with Crippen molar-refractivity contribution in [1.29, 1.82) is 5.26 Å². The molecule has 21 heavy (non-hydrogen) atoms. The molecule has 0 radical (unpaired) electrons. The second kappa shape index (κ2) is 7.80. The summed E-state index contributed by atoms with van der Waals surface area (Å²) in [4.78, 5) is 27.1. The normalized spacial score (nSPS) is 11.7. The minimum Gasteiger partial charge on any atom is -0.450 e. The molecule has 0 bridgehead atoms. The number of benzene rings is 1. The van der Waals surface area contributed by atoms with Crippen LogP contribution in [0.5, 0.6) is 0 Å². The minimum absolute atomic E-state index is 0.146. The van der Waals surface area contributed by atoms with Crippen LogP contribution in [0.25, 0.3) is 0 Å². The van der Waals surface area contributed by atoms with Crippen LogP contribution in [0, 0.1) is 31.1 Å². The lowest BCUT2D eigenvalue weighted by atomic mass is 10.1. The van der Waals surface area contributed by atoms with Crippen molar-refractivity contribution >= 4 is 23.9 Å². The van der Waals surface area contributed by atoms with Gasteiger partial charge in [-0.3, -0.25) is 15.1 Å². The molecule has 0 saturated carbocycles. The van der Waals surface area contributed by atoms with Crippen LogP contribution in [-0.2, 0) is 9.53 Å². The lowest BCUT2D eigenvalue weighted by Gasteiger charge is -2.07. The van der Waals surface area contributed by atoms with Gasteiger partial charge in [-0.2, -0.15) is 5.26 Å². The Morgan fingerprint density at radius 3 is 2.57 bits per heavy atom. The van der Waals surface area contributed by atoms with Crippen LogP contribution >= 0.6 is 0 Å². The van der Waals surface area contributed by atoms with Crippen LogP contribution in [0.3, 0.4) is 0 Å². The number of rotatable bonds is 4. The van der Waals surface area contributed by atoms with Gasteiger partial charge in [-0.05, 0) is 31.9 Å². The Labute approximate surface area is 123 Å². The molecule has 1 rings (SSSR count). The molecule has 110 valence electrons. The van der Waals surface area contributed by atoms with Crippen molar-refractivity contribution in [2.24, 2.45) is 10.9 Å². The van der Waals surface area contributed by atoms with Crippen LogP contribution in [0.15, 0.2) is 23.2 Å². The zero-order chi connectivity index (χ0) is 15.8. The summed E-state index contributed by atoms with van der Waals surface area (Å²) in [5, 5.41) is 11.0. The second-order valence-corrected chi connectivity index (χ2v) is 4.34. The van der Waals surface area contributed by atoms with E-state index >= 15 is 0 Å². The van der Waals surface area contributed by atoms with Crippen molar-refractivity contribution in [3.8, 4) is 6.07 Å². The van der Waals surface area contributed by atoms with E-state index in [9.17, 15) is 9.59 Å². The molecule has 1 atom stereocenters. The quantitative estimate of drug-likeness (QED) is 0.861. The summed E-state index contributed by atoms with van der Waals surface area (Å²) in [5.74, 6) is -1.92. The van der Waals surface area contributed by atoms with Gasteiger partial charge in [-0.1, -0.05) is 18.2 Å². The molecule has 6 heteroatoms. The maximum Gasteiger partial charge on any atom is 0.413 e. The molecule has 1 unspecified atom stereocenters. The number of hydrogen-bond acceptors (Lipinski definition) is 5. The molecule has 1 aromatic rings. The van der Waals surface area contributed by atoms with E-state index < -0.39 is 17.9 Å². The number of para-hydroxylation sites is 1. The molecule has 0 fully saturated rings. The predicted octanol–water partition coefficient (Wildman–Crippen LogP) is 2.42. The van der Waals surface area contributed by atoms with Crippen LogP contribution in [-0.4, -0.2) is 24.8 Å². The van der Waals surface area contributed by atoms with E-state index in [0.717, 1.165) is 11.1 Å². The van der Waals surface area contributed by atoms with E-state index in [0.29, 0.717) is 5.69 Å². The molecule has 0 saturated heterocycles. The first-order chi connectivity index (χ1) is 9.99. The Hall–Kier alpha value is -2.68. The van der Waals surface area contributed by atoms with Crippen molar-refractivity contribution in [3.05, 3.63) is 29.3 Å². The monoisotopic (exact) mass is 287 g/mol. The first kappa shape index (κ1) is 16.4. The Balaban J connectivity index is 2.83. The smallest absolute Gasteiger partial charge is 0.413 e. The number of alkyl carbamates (subject to hydrolysis) is 1.